The Hall–Kier alpha value is -3.12. The molecule has 1 aliphatic carbocycles. The molecule has 0 bridgehead atoms. The van der Waals surface area contributed by atoms with E-state index < -0.39 is 5.97 Å². The average Bonchev–Trinajstić information content (AvgIpc) is 2.68. The molecule has 0 spiro atoms. The lowest BCUT2D eigenvalue weighted by Gasteiger charge is -2.28. The summed E-state index contributed by atoms with van der Waals surface area (Å²) in [6, 6.07) is 16.3. The molecule has 2 aromatic carbocycles. The number of guanidine groups is 1. The van der Waals surface area contributed by atoms with Crippen molar-refractivity contribution in [1.82, 2.24) is 5.32 Å². The van der Waals surface area contributed by atoms with Crippen molar-refractivity contribution in [3.63, 3.8) is 0 Å². The van der Waals surface area contributed by atoms with E-state index in [1.165, 1.54) is 12.1 Å². The van der Waals surface area contributed by atoms with E-state index in [0.717, 1.165) is 21.3 Å². The number of aromatic carboxylic acids is 1. The summed E-state index contributed by atoms with van der Waals surface area (Å²) in [7, 11) is 0. The van der Waals surface area contributed by atoms with Crippen LogP contribution in [0.5, 0.6) is 0 Å². The minimum atomic E-state index is -1.21. The second kappa shape index (κ2) is 7.25. The summed E-state index contributed by atoms with van der Waals surface area (Å²) in [5, 5.41) is 17.6. The van der Waals surface area contributed by atoms with E-state index in [4.69, 9.17) is 4.99 Å². The number of anilines is 1. The molecule has 1 aliphatic heterocycles. The van der Waals surface area contributed by atoms with Gasteiger partial charge < -0.3 is 20.5 Å². The van der Waals surface area contributed by atoms with Gasteiger partial charge in [0.1, 0.15) is 0 Å². The molecule has 0 amide bonds. The van der Waals surface area contributed by atoms with Gasteiger partial charge in [0.05, 0.1) is 17.7 Å². The van der Waals surface area contributed by atoms with Crippen molar-refractivity contribution in [3.8, 4) is 0 Å². The van der Waals surface area contributed by atoms with E-state index in [1.807, 2.05) is 42.5 Å². The molecule has 0 aromatic heterocycles. The van der Waals surface area contributed by atoms with Gasteiger partial charge in [-0.2, -0.15) is 0 Å². The highest BCUT2D eigenvalue weighted by molar-refractivity contribution is 9.11. The van der Waals surface area contributed by atoms with Crippen LogP contribution in [0.3, 0.4) is 0 Å². The van der Waals surface area contributed by atoms with Crippen molar-refractivity contribution >= 4 is 39.2 Å². The van der Waals surface area contributed by atoms with Gasteiger partial charge in [0, 0.05) is 15.7 Å². The van der Waals surface area contributed by atoms with Gasteiger partial charge in [-0.25, -0.2) is 4.99 Å². The number of nitrogens with zero attached hydrogens (tertiary/aromatic N) is 1. The highest BCUT2D eigenvalue weighted by Gasteiger charge is 2.24. The van der Waals surface area contributed by atoms with Crippen LogP contribution in [0, 0.1) is 0 Å². The maximum atomic E-state index is 11.1. The van der Waals surface area contributed by atoms with Crippen molar-refractivity contribution in [1.29, 1.82) is 0 Å². The number of hydrogen-bond donors (Lipinski definition) is 2. The summed E-state index contributed by atoms with van der Waals surface area (Å²) < 4.78 is 0.984. The molecule has 27 heavy (non-hydrogen) atoms. The van der Waals surface area contributed by atoms with Gasteiger partial charge in [-0.05, 0) is 35.4 Å². The van der Waals surface area contributed by atoms with Gasteiger partial charge in [0.25, 0.3) is 0 Å². The summed E-state index contributed by atoms with van der Waals surface area (Å²) in [4.78, 5) is 15.8. The standard InChI is InChI=1S/C21H16BrN3O2/c22-15-9-10-18-17(12-15)19(13-5-2-1-3-6-13)25-21(24-18)23-16-8-4-7-14(11-16)20(26)27/h1-12,18H,(H,26,27)(H2,23,24,25)/p-1/t18-/m0/s1. The van der Waals surface area contributed by atoms with Gasteiger partial charge in [0.2, 0.25) is 5.96 Å². The lowest BCUT2D eigenvalue weighted by atomic mass is 9.95. The fraction of sp³-hybridized carbons (Fsp3) is 0.0476. The van der Waals surface area contributed by atoms with Crippen LogP contribution in [-0.2, 0) is 0 Å². The lowest BCUT2D eigenvalue weighted by Crippen LogP contribution is -2.36. The SMILES string of the molecule is O=C([O-])c1cccc(NC2=N[C@H]3C=CC(Br)=CC3=C(c3ccccc3)N2)c1. The number of carboxylic acids is 1. The zero-order valence-electron chi connectivity index (χ0n) is 14.1. The summed E-state index contributed by atoms with van der Waals surface area (Å²) in [5.74, 6) is -0.663. The first kappa shape index (κ1) is 17.3. The number of rotatable bonds is 3. The van der Waals surface area contributed by atoms with Gasteiger partial charge in [-0.15, -0.1) is 0 Å². The number of aliphatic imine (C=N–C) groups is 1. The maximum absolute atomic E-state index is 11.1. The average molecular weight is 421 g/mol. The van der Waals surface area contributed by atoms with Gasteiger partial charge in [-0.3, -0.25) is 0 Å². The normalized spacial score (nSPS) is 18.2. The number of nitrogens with one attached hydrogen (secondary N) is 2. The first-order valence-electron chi connectivity index (χ1n) is 8.38. The molecule has 0 unspecified atom stereocenters. The Morgan fingerprint density at radius 2 is 1.96 bits per heavy atom. The maximum Gasteiger partial charge on any atom is 0.201 e. The summed E-state index contributed by atoms with van der Waals surface area (Å²) >= 11 is 3.53. The molecule has 0 radical (unpaired) electrons. The molecule has 0 saturated heterocycles. The van der Waals surface area contributed by atoms with Gasteiger partial charge in [-0.1, -0.05) is 64.5 Å². The van der Waals surface area contributed by atoms with Crippen LogP contribution in [0.2, 0.25) is 0 Å². The third-order valence-electron chi connectivity index (χ3n) is 4.27. The predicted molar refractivity (Wildman–Crippen MR) is 108 cm³/mol. The number of carboxylic acid groups (broad SMARTS) is 1. The Morgan fingerprint density at radius 1 is 1.15 bits per heavy atom. The topological polar surface area (TPSA) is 76.5 Å². The summed E-state index contributed by atoms with van der Waals surface area (Å²) in [6.07, 6.45) is 6.04. The van der Waals surface area contributed by atoms with E-state index in [2.05, 4.69) is 32.6 Å². The van der Waals surface area contributed by atoms with Crippen LogP contribution in [0.4, 0.5) is 5.69 Å². The van der Waals surface area contributed by atoms with Crippen molar-refractivity contribution in [2.75, 3.05) is 5.32 Å². The van der Waals surface area contributed by atoms with Crippen molar-refractivity contribution in [3.05, 3.63) is 94.0 Å². The Balaban J connectivity index is 1.68. The molecule has 2 aromatic rings. The van der Waals surface area contributed by atoms with Crippen LogP contribution >= 0.6 is 15.9 Å². The minimum Gasteiger partial charge on any atom is -0.545 e. The Kier molecular flexibility index (Phi) is 4.64. The molecule has 5 nitrogen and oxygen atoms in total. The molecular formula is C21H15BrN3O2-. The lowest BCUT2D eigenvalue weighted by molar-refractivity contribution is -0.255. The summed E-state index contributed by atoms with van der Waals surface area (Å²) in [5.41, 5.74) is 3.79. The van der Waals surface area contributed by atoms with E-state index in [1.54, 1.807) is 12.1 Å². The molecule has 0 fully saturated rings. The molecule has 1 heterocycles. The molecule has 2 aliphatic rings. The van der Waals surface area contributed by atoms with Crippen LogP contribution in [0.1, 0.15) is 15.9 Å². The van der Waals surface area contributed by atoms with Crippen LogP contribution in [-0.4, -0.2) is 18.0 Å². The van der Waals surface area contributed by atoms with Crippen LogP contribution in [0.25, 0.3) is 5.70 Å². The molecule has 1 atom stereocenters. The van der Waals surface area contributed by atoms with E-state index in [9.17, 15) is 9.90 Å². The second-order valence-corrected chi connectivity index (χ2v) is 7.04. The monoisotopic (exact) mass is 420 g/mol. The van der Waals surface area contributed by atoms with E-state index >= 15 is 0 Å². The highest BCUT2D eigenvalue weighted by atomic mass is 79.9. The predicted octanol–water partition coefficient (Wildman–Crippen LogP) is 3.05. The zero-order chi connectivity index (χ0) is 18.8. The van der Waals surface area contributed by atoms with Gasteiger partial charge in [0.15, 0.2) is 0 Å². The molecule has 4 rings (SSSR count). The molecular weight excluding hydrogens is 406 g/mol. The number of benzene rings is 2. The number of carbonyl (C=O) groups is 1. The smallest absolute Gasteiger partial charge is 0.201 e. The van der Waals surface area contributed by atoms with Crippen LogP contribution < -0.4 is 15.7 Å². The zero-order valence-corrected chi connectivity index (χ0v) is 15.7. The number of halogens is 1. The fourth-order valence-corrected chi connectivity index (χ4v) is 3.43. The quantitative estimate of drug-likeness (QED) is 0.799. The first-order chi connectivity index (χ1) is 13.1. The number of fused-ring (bicyclic) bond motifs is 1. The number of carbonyl (C=O) groups excluding carboxylic acids is 1. The molecule has 0 saturated carbocycles. The Labute approximate surface area is 165 Å². The molecule has 134 valence electrons. The Bertz CT molecular complexity index is 1020. The van der Waals surface area contributed by atoms with Gasteiger partial charge >= 0.3 is 0 Å². The number of hydrogen-bond acceptors (Lipinski definition) is 5. The molecule has 2 N–H and O–H groups in total. The van der Waals surface area contributed by atoms with Crippen molar-refractivity contribution in [2.24, 2.45) is 4.99 Å². The van der Waals surface area contributed by atoms with E-state index in [-0.39, 0.29) is 11.6 Å². The third-order valence-corrected chi connectivity index (χ3v) is 4.77. The second-order valence-electron chi connectivity index (χ2n) is 6.13. The summed E-state index contributed by atoms with van der Waals surface area (Å²) in [6.45, 7) is 0. The minimum absolute atomic E-state index is 0.111. The van der Waals surface area contributed by atoms with Crippen molar-refractivity contribution in [2.45, 2.75) is 6.04 Å². The highest BCUT2D eigenvalue weighted by Crippen LogP contribution is 2.31. The fourth-order valence-electron chi connectivity index (χ4n) is 3.03. The van der Waals surface area contributed by atoms with E-state index in [0.29, 0.717) is 11.6 Å². The van der Waals surface area contributed by atoms with Crippen LogP contribution in [0.15, 0.2) is 87.9 Å². The molecule has 6 heteroatoms. The Morgan fingerprint density at radius 3 is 2.74 bits per heavy atom. The van der Waals surface area contributed by atoms with Crippen molar-refractivity contribution < 1.29 is 9.90 Å². The number of allylic oxidation sites excluding steroid dienone is 2. The third kappa shape index (κ3) is 3.71. The first-order valence-corrected chi connectivity index (χ1v) is 9.18. The largest absolute Gasteiger partial charge is 0.545 e.